The molecule has 1 aromatic rings. The molecule has 1 saturated heterocycles. The molecule has 1 aromatic heterocycles. The van der Waals surface area contributed by atoms with Crippen LogP contribution in [0.2, 0.25) is 0 Å². The molecule has 1 aliphatic heterocycles. The molecule has 0 bridgehead atoms. The fraction of sp³-hybridized carbons (Fsp3) is 0.643. The highest BCUT2D eigenvalue weighted by molar-refractivity contribution is 7.89. The molecule has 2 heterocycles. The number of hydrogen-bond donors (Lipinski definition) is 1. The minimum Gasteiger partial charge on any atom is -0.465 e. The highest BCUT2D eigenvalue weighted by Crippen LogP contribution is 2.38. The van der Waals surface area contributed by atoms with Crippen LogP contribution in [0.1, 0.15) is 34.5 Å². The number of rotatable bonds is 5. The largest absolute Gasteiger partial charge is 0.465 e. The zero-order valence-corrected chi connectivity index (χ0v) is 14.3. The van der Waals surface area contributed by atoms with Crippen molar-refractivity contribution in [3.8, 4) is 0 Å². The summed E-state index contributed by atoms with van der Waals surface area (Å²) in [6.45, 7) is 3.23. The number of carbonyl (C=O) groups excluding carboxylic acids is 1. The maximum atomic E-state index is 13.2. The van der Waals surface area contributed by atoms with E-state index in [1.165, 1.54) is 7.11 Å². The predicted molar refractivity (Wildman–Crippen MR) is 83.7 cm³/mol. The Kier molecular flexibility index (Phi) is 4.28. The maximum Gasteiger partial charge on any atom is 0.349 e. The van der Waals surface area contributed by atoms with E-state index in [-0.39, 0.29) is 21.9 Å². The van der Waals surface area contributed by atoms with Crippen LogP contribution in [0.3, 0.4) is 0 Å². The zero-order valence-electron chi connectivity index (χ0n) is 12.7. The molecule has 0 aromatic carbocycles. The van der Waals surface area contributed by atoms with Crippen molar-refractivity contribution in [3.05, 3.63) is 15.8 Å². The van der Waals surface area contributed by atoms with Gasteiger partial charge in [0.25, 0.3) is 0 Å². The van der Waals surface area contributed by atoms with E-state index >= 15 is 0 Å². The first-order valence-corrected chi connectivity index (χ1v) is 9.69. The van der Waals surface area contributed by atoms with Crippen molar-refractivity contribution in [2.75, 3.05) is 20.2 Å². The second-order valence-electron chi connectivity index (χ2n) is 5.78. The van der Waals surface area contributed by atoms with E-state index in [1.807, 2.05) is 0 Å². The van der Waals surface area contributed by atoms with E-state index < -0.39 is 16.0 Å². The predicted octanol–water partition coefficient (Wildman–Crippen LogP) is 1.36. The molecule has 22 heavy (non-hydrogen) atoms. The van der Waals surface area contributed by atoms with Gasteiger partial charge in [0.2, 0.25) is 10.0 Å². The number of sulfonamides is 1. The van der Waals surface area contributed by atoms with Gasteiger partial charge in [-0.15, -0.1) is 11.3 Å². The fourth-order valence-corrected chi connectivity index (χ4v) is 6.53. The third-order valence-corrected chi connectivity index (χ3v) is 7.53. The first-order chi connectivity index (χ1) is 10.5. The number of hydrogen-bond acceptors (Lipinski definition) is 6. The summed E-state index contributed by atoms with van der Waals surface area (Å²) in [7, 11) is -2.42. The Morgan fingerprint density at radius 2 is 2.09 bits per heavy atom. The van der Waals surface area contributed by atoms with E-state index in [0.717, 1.165) is 37.1 Å². The van der Waals surface area contributed by atoms with Gasteiger partial charge in [-0.05, 0) is 43.7 Å². The lowest BCUT2D eigenvalue weighted by Crippen LogP contribution is -2.43. The molecule has 2 fully saturated rings. The summed E-state index contributed by atoms with van der Waals surface area (Å²) in [6.07, 6.45) is 2.60. The number of ether oxygens (including phenoxy) is 1. The molecule has 0 radical (unpaired) electrons. The first kappa shape index (κ1) is 15.9. The quantitative estimate of drug-likeness (QED) is 0.816. The van der Waals surface area contributed by atoms with Crippen molar-refractivity contribution in [1.29, 1.82) is 0 Å². The lowest BCUT2D eigenvalue weighted by molar-refractivity contribution is 0.0602. The Bertz CT molecular complexity index is 673. The van der Waals surface area contributed by atoms with E-state index in [1.54, 1.807) is 16.6 Å². The second kappa shape index (κ2) is 5.92. The van der Waals surface area contributed by atoms with Crippen LogP contribution < -0.4 is 5.32 Å². The topological polar surface area (TPSA) is 75.7 Å². The van der Waals surface area contributed by atoms with Crippen molar-refractivity contribution >= 4 is 27.3 Å². The van der Waals surface area contributed by atoms with Crippen LogP contribution >= 0.6 is 11.3 Å². The van der Waals surface area contributed by atoms with Gasteiger partial charge >= 0.3 is 5.97 Å². The molecule has 1 N–H and O–H groups in total. The standard InChI is InChI=1S/C14H20N2O4S2/c1-9-8-21-12(14(17)20-2)13(9)22(18,19)16(10-3-4-10)11-5-6-15-7-11/h8,10-11,15H,3-7H2,1-2H3. The van der Waals surface area contributed by atoms with Crippen LogP contribution in [0.25, 0.3) is 0 Å². The van der Waals surface area contributed by atoms with Gasteiger partial charge in [-0.1, -0.05) is 0 Å². The van der Waals surface area contributed by atoms with Gasteiger partial charge in [-0.2, -0.15) is 4.31 Å². The minimum absolute atomic E-state index is 0.0257. The molecule has 1 unspecified atom stereocenters. The Balaban J connectivity index is 2.04. The van der Waals surface area contributed by atoms with Crippen molar-refractivity contribution in [2.24, 2.45) is 0 Å². The van der Waals surface area contributed by atoms with E-state index in [9.17, 15) is 13.2 Å². The summed E-state index contributed by atoms with van der Waals surface area (Å²) >= 11 is 1.13. The highest BCUT2D eigenvalue weighted by Gasteiger charge is 2.45. The van der Waals surface area contributed by atoms with Gasteiger partial charge in [-0.25, -0.2) is 13.2 Å². The third-order valence-electron chi connectivity index (χ3n) is 4.13. The Hall–Kier alpha value is -0.960. The number of carbonyl (C=O) groups is 1. The normalized spacial score (nSPS) is 22.2. The highest BCUT2D eigenvalue weighted by atomic mass is 32.2. The van der Waals surface area contributed by atoms with Crippen molar-refractivity contribution < 1.29 is 17.9 Å². The first-order valence-electron chi connectivity index (χ1n) is 7.37. The van der Waals surface area contributed by atoms with E-state index in [2.05, 4.69) is 5.32 Å². The molecule has 1 atom stereocenters. The number of esters is 1. The summed E-state index contributed by atoms with van der Waals surface area (Å²) in [5, 5.41) is 4.93. The van der Waals surface area contributed by atoms with Gasteiger partial charge in [-0.3, -0.25) is 0 Å². The molecule has 8 heteroatoms. The molecule has 3 rings (SSSR count). The lowest BCUT2D eigenvalue weighted by atomic mass is 10.2. The van der Waals surface area contributed by atoms with Crippen LogP contribution in [-0.4, -0.2) is 51.0 Å². The van der Waals surface area contributed by atoms with Crippen LogP contribution in [0.5, 0.6) is 0 Å². The van der Waals surface area contributed by atoms with Crippen LogP contribution in [-0.2, 0) is 14.8 Å². The fourth-order valence-electron chi connectivity index (χ4n) is 2.97. The van der Waals surface area contributed by atoms with Crippen molar-refractivity contribution in [1.82, 2.24) is 9.62 Å². The van der Waals surface area contributed by atoms with Crippen LogP contribution in [0, 0.1) is 6.92 Å². The van der Waals surface area contributed by atoms with Crippen molar-refractivity contribution in [3.63, 3.8) is 0 Å². The lowest BCUT2D eigenvalue weighted by Gasteiger charge is -2.28. The third kappa shape index (κ3) is 2.68. The van der Waals surface area contributed by atoms with Gasteiger partial charge < -0.3 is 10.1 Å². The monoisotopic (exact) mass is 344 g/mol. The number of methoxy groups -OCH3 is 1. The number of nitrogens with one attached hydrogen (secondary N) is 1. The molecule has 122 valence electrons. The van der Waals surface area contributed by atoms with Gasteiger partial charge in [0.1, 0.15) is 9.77 Å². The summed E-state index contributed by atoms with van der Waals surface area (Å²) in [5.74, 6) is -0.586. The molecule has 0 spiro atoms. The molecule has 0 amide bonds. The SMILES string of the molecule is COC(=O)c1scc(C)c1S(=O)(=O)N(C1CC1)C1CCNC1. The summed E-state index contributed by atoms with van der Waals surface area (Å²) < 4.78 is 32.8. The van der Waals surface area contributed by atoms with Gasteiger partial charge in [0.15, 0.2) is 0 Å². The van der Waals surface area contributed by atoms with Crippen LogP contribution in [0.15, 0.2) is 10.3 Å². The van der Waals surface area contributed by atoms with Gasteiger partial charge in [0, 0.05) is 18.6 Å². The Labute approximate surface area is 134 Å². The minimum atomic E-state index is -3.69. The molecule has 2 aliphatic rings. The molecule has 6 nitrogen and oxygen atoms in total. The number of aryl methyl sites for hydroxylation is 1. The van der Waals surface area contributed by atoms with Crippen molar-refractivity contribution in [2.45, 2.75) is 43.2 Å². The number of nitrogens with zero attached hydrogens (tertiary/aromatic N) is 1. The van der Waals surface area contributed by atoms with Gasteiger partial charge in [0.05, 0.1) is 7.11 Å². The second-order valence-corrected chi connectivity index (χ2v) is 8.44. The molecular weight excluding hydrogens is 324 g/mol. The van der Waals surface area contributed by atoms with E-state index in [4.69, 9.17) is 4.74 Å². The van der Waals surface area contributed by atoms with E-state index in [0.29, 0.717) is 12.1 Å². The summed E-state index contributed by atoms with van der Waals surface area (Å²) in [5.41, 5.74) is 0.613. The Morgan fingerprint density at radius 3 is 2.64 bits per heavy atom. The molecule has 1 saturated carbocycles. The molecule has 1 aliphatic carbocycles. The summed E-state index contributed by atoms with van der Waals surface area (Å²) in [4.78, 5) is 12.2. The smallest absolute Gasteiger partial charge is 0.349 e. The zero-order chi connectivity index (χ0) is 15.9. The average Bonchev–Trinajstić information content (AvgIpc) is 2.99. The Morgan fingerprint density at radius 1 is 1.36 bits per heavy atom. The molecular formula is C14H20N2O4S2. The summed E-state index contributed by atoms with van der Waals surface area (Å²) in [6, 6.07) is 0.0435. The average molecular weight is 344 g/mol. The number of thiophene rings is 1. The maximum absolute atomic E-state index is 13.2. The van der Waals surface area contributed by atoms with Crippen LogP contribution in [0.4, 0.5) is 0 Å².